The van der Waals surface area contributed by atoms with Gasteiger partial charge in [0.25, 0.3) is 0 Å². The molecule has 0 aliphatic carbocycles. The Hall–Kier alpha value is -3.06. The highest BCUT2D eigenvalue weighted by Crippen LogP contribution is 2.28. The molecule has 1 aliphatic rings. The van der Waals surface area contributed by atoms with Gasteiger partial charge in [-0.25, -0.2) is 4.79 Å². The molecule has 0 unspecified atom stereocenters. The molecule has 0 bridgehead atoms. The highest BCUT2D eigenvalue weighted by molar-refractivity contribution is 8.03. The molecule has 6 nitrogen and oxygen atoms in total. The van der Waals surface area contributed by atoms with Crippen LogP contribution in [0.15, 0.2) is 60.0 Å². The maximum Gasteiger partial charge on any atom is 0.335 e. The zero-order valence-electron chi connectivity index (χ0n) is 13.7. The Morgan fingerprint density at radius 2 is 1.88 bits per heavy atom. The molecule has 2 aromatic rings. The summed E-state index contributed by atoms with van der Waals surface area (Å²) in [5.41, 5.74) is 1.99. The zero-order valence-corrected chi connectivity index (χ0v) is 14.5. The Balaban J connectivity index is 1.75. The maximum absolute atomic E-state index is 12.4. The maximum atomic E-state index is 12.4. The quantitative estimate of drug-likeness (QED) is 0.847. The Bertz CT molecular complexity index is 880. The second-order valence-electron chi connectivity index (χ2n) is 5.59. The standard InChI is InChI=1S/C19H16N2O4S/c22-17(20-15-8-4-7-14(9-15)19(24)25)10-21-16(11-26-12-18(21)23)13-5-2-1-3-6-13/h1-9,11H,10,12H2,(H,20,22)(H,24,25). The van der Waals surface area contributed by atoms with Crippen molar-refractivity contribution in [1.29, 1.82) is 0 Å². The van der Waals surface area contributed by atoms with E-state index in [1.54, 1.807) is 12.1 Å². The smallest absolute Gasteiger partial charge is 0.335 e. The number of hydrogen-bond acceptors (Lipinski definition) is 4. The number of hydrogen-bond donors (Lipinski definition) is 2. The summed E-state index contributed by atoms with van der Waals surface area (Å²) in [4.78, 5) is 37.2. The summed E-state index contributed by atoms with van der Waals surface area (Å²) in [6, 6.07) is 15.4. The van der Waals surface area contributed by atoms with E-state index in [1.807, 2.05) is 35.7 Å². The van der Waals surface area contributed by atoms with Crippen LogP contribution in [0.1, 0.15) is 15.9 Å². The second-order valence-corrected chi connectivity index (χ2v) is 6.45. The molecule has 0 saturated carbocycles. The topological polar surface area (TPSA) is 86.7 Å². The monoisotopic (exact) mass is 368 g/mol. The van der Waals surface area contributed by atoms with Gasteiger partial charge in [0.15, 0.2) is 0 Å². The number of carbonyl (C=O) groups is 3. The van der Waals surface area contributed by atoms with E-state index in [-0.39, 0.29) is 23.8 Å². The minimum Gasteiger partial charge on any atom is -0.478 e. The largest absolute Gasteiger partial charge is 0.478 e. The molecule has 0 saturated heterocycles. The van der Waals surface area contributed by atoms with Crippen molar-refractivity contribution in [1.82, 2.24) is 4.90 Å². The van der Waals surface area contributed by atoms with Crippen LogP contribution in [0.5, 0.6) is 0 Å². The average molecular weight is 368 g/mol. The number of benzene rings is 2. The van der Waals surface area contributed by atoms with E-state index >= 15 is 0 Å². The number of nitrogens with zero attached hydrogens (tertiary/aromatic N) is 1. The Kier molecular flexibility index (Phi) is 5.38. The van der Waals surface area contributed by atoms with Crippen LogP contribution in [-0.2, 0) is 9.59 Å². The van der Waals surface area contributed by atoms with Gasteiger partial charge in [-0.05, 0) is 29.2 Å². The predicted molar refractivity (Wildman–Crippen MR) is 101 cm³/mol. The van der Waals surface area contributed by atoms with Gasteiger partial charge in [0, 0.05) is 5.69 Å². The fourth-order valence-corrected chi connectivity index (χ4v) is 3.35. The molecule has 26 heavy (non-hydrogen) atoms. The van der Waals surface area contributed by atoms with Crippen LogP contribution in [0.2, 0.25) is 0 Å². The van der Waals surface area contributed by atoms with Gasteiger partial charge >= 0.3 is 5.97 Å². The van der Waals surface area contributed by atoms with Gasteiger partial charge in [-0.2, -0.15) is 0 Å². The molecule has 0 radical (unpaired) electrons. The molecule has 0 aromatic heterocycles. The van der Waals surface area contributed by atoms with E-state index in [4.69, 9.17) is 5.11 Å². The summed E-state index contributed by atoms with van der Waals surface area (Å²) in [5.74, 6) is -1.34. The highest BCUT2D eigenvalue weighted by Gasteiger charge is 2.25. The molecule has 3 rings (SSSR count). The number of nitrogens with one attached hydrogen (secondary N) is 1. The third-order valence-electron chi connectivity index (χ3n) is 3.76. The van der Waals surface area contributed by atoms with Gasteiger partial charge < -0.3 is 15.3 Å². The van der Waals surface area contributed by atoms with Gasteiger partial charge in [0.05, 0.1) is 17.0 Å². The lowest BCUT2D eigenvalue weighted by molar-refractivity contribution is -0.129. The highest BCUT2D eigenvalue weighted by atomic mass is 32.2. The van der Waals surface area contributed by atoms with Crippen LogP contribution in [0.3, 0.4) is 0 Å². The molecule has 1 aliphatic heterocycles. The zero-order chi connectivity index (χ0) is 18.5. The fourth-order valence-electron chi connectivity index (χ4n) is 2.55. The molecule has 2 amide bonds. The first kappa shape index (κ1) is 17.8. The molecule has 2 N–H and O–H groups in total. The number of carboxylic acids is 1. The molecule has 1 heterocycles. The van der Waals surface area contributed by atoms with Gasteiger partial charge in [0.1, 0.15) is 6.54 Å². The molecular formula is C19H16N2O4S. The van der Waals surface area contributed by atoms with Crippen molar-refractivity contribution in [2.75, 3.05) is 17.6 Å². The van der Waals surface area contributed by atoms with Crippen molar-refractivity contribution >= 4 is 40.9 Å². The molecule has 0 atom stereocenters. The van der Waals surface area contributed by atoms with Crippen molar-refractivity contribution in [2.24, 2.45) is 0 Å². The number of carbonyl (C=O) groups excluding carboxylic acids is 2. The molecule has 0 fully saturated rings. The first-order chi connectivity index (χ1) is 12.5. The minimum atomic E-state index is -1.07. The summed E-state index contributed by atoms with van der Waals surface area (Å²) in [5, 5.41) is 13.5. The SMILES string of the molecule is O=C(CN1C(=O)CSC=C1c1ccccc1)Nc1cccc(C(=O)O)c1. The van der Waals surface area contributed by atoms with Gasteiger partial charge in [0.2, 0.25) is 11.8 Å². The second kappa shape index (κ2) is 7.88. The summed E-state index contributed by atoms with van der Waals surface area (Å²) in [7, 11) is 0. The van der Waals surface area contributed by atoms with Crippen LogP contribution in [0.4, 0.5) is 5.69 Å². The van der Waals surface area contributed by atoms with E-state index in [9.17, 15) is 14.4 Å². The summed E-state index contributed by atoms with van der Waals surface area (Å²) in [6.07, 6.45) is 0. The summed E-state index contributed by atoms with van der Waals surface area (Å²) >= 11 is 1.40. The Labute approximate surface area is 154 Å². The van der Waals surface area contributed by atoms with E-state index in [0.29, 0.717) is 11.4 Å². The summed E-state index contributed by atoms with van der Waals surface area (Å²) in [6.45, 7) is -0.141. The lowest BCUT2D eigenvalue weighted by Gasteiger charge is -2.28. The normalized spacial score (nSPS) is 13.9. The third-order valence-corrected chi connectivity index (χ3v) is 4.56. The fraction of sp³-hybridized carbons (Fsp3) is 0.105. The first-order valence-electron chi connectivity index (χ1n) is 7.85. The lowest BCUT2D eigenvalue weighted by atomic mass is 10.1. The van der Waals surface area contributed by atoms with E-state index < -0.39 is 11.9 Å². The van der Waals surface area contributed by atoms with Crippen molar-refractivity contribution < 1.29 is 19.5 Å². The summed E-state index contributed by atoms with van der Waals surface area (Å²) < 4.78 is 0. The number of carboxylic acid groups (broad SMARTS) is 1. The number of aromatic carboxylic acids is 1. The van der Waals surface area contributed by atoms with Crippen molar-refractivity contribution in [3.8, 4) is 0 Å². The van der Waals surface area contributed by atoms with Crippen LogP contribution in [-0.4, -0.2) is 40.1 Å². The van der Waals surface area contributed by atoms with Crippen molar-refractivity contribution in [2.45, 2.75) is 0 Å². The van der Waals surface area contributed by atoms with E-state index in [1.165, 1.54) is 28.8 Å². The molecule has 2 aromatic carbocycles. The number of amides is 2. The minimum absolute atomic E-state index is 0.0816. The van der Waals surface area contributed by atoms with Gasteiger partial charge in [-0.15, -0.1) is 11.8 Å². The van der Waals surface area contributed by atoms with Crippen LogP contribution >= 0.6 is 11.8 Å². The van der Waals surface area contributed by atoms with Crippen LogP contribution in [0, 0.1) is 0 Å². The van der Waals surface area contributed by atoms with Gasteiger partial charge in [-0.3, -0.25) is 9.59 Å². The molecule has 132 valence electrons. The first-order valence-corrected chi connectivity index (χ1v) is 8.90. The van der Waals surface area contributed by atoms with Crippen molar-refractivity contribution in [3.05, 3.63) is 71.1 Å². The Morgan fingerprint density at radius 3 is 2.62 bits per heavy atom. The number of anilines is 1. The predicted octanol–water partition coefficient (Wildman–Crippen LogP) is 2.90. The van der Waals surface area contributed by atoms with Crippen molar-refractivity contribution in [3.63, 3.8) is 0 Å². The van der Waals surface area contributed by atoms with Gasteiger partial charge in [-0.1, -0.05) is 36.4 Å². The van der Waals surface area contributed by atoms with Crippen LogP contribution in [0.25, 0.3) is 5.70 Å². The third kappa shape index (κ3) is 4.12. The number of thioether (sulfide) groups is 1. The van der Waals surface area contributed by atoms with E-state index in [0.717, 1.165) is 5.56 Å². The molecular weight excluding hydrogens is 352 g/mol. The lowest BCUT2D eigenvalue weighted by Crippen LogP contribution is -2.39. The molecule has 0 spiro atoms. The number of rotatable bonds is 5. The molecule has 7 heteroatoms. The average Bonchev–Trinajstić information content (AvgIpc) is 2.64. The Morgan fingerprint density at radius 1 is 1.12 bits per heavy atom. The van der Waals surface area contributed by atoms with E-state index in [2.05, 4.69) is 5.32 Å². The van der Waals surface area contributed by atoms with Crippen LogP contribution < -0.4 is 5.32 Å².